The van der Waals surface area contributed by atoms with Gasteiger partial charge in [0.25, 0.3) is 0 Å². The molecule has 16 heavy (non-hydrogen) atoms. The fraction of sp³-hybridized carbons (Fsp3) is 0.833. The minimum atomic E-state index is -0.0360. The topological polar surface area (TPSA) is 46.3 Å². The fourth-order valence-electron chi connectivity index (χ4n) is 2.38. The Kier molecular flexibility index (Phi) is 3.19. The monoisotopic (exact) mass is 240 g/mol. The molecule has 0 spiro atoms. The maximum Gasteiger partial charge on any atom is 0.225 e. The van der Waals surface area contributed by atoms with Crippen molar-refractivity contribution in [2.75, 3.05) is 13.1 Å². The first-order chi connectivity index (χ1) is 7.53. The van der Waals surface area contributed by atoms with E-state index in [-0.39, 0.29) is 5.41 Å². The molecule has 3 nitrogen and oxygen atoms in total. The molecule has 0 aromatic carbocycles. The van der Waals surface area contributed by atoms with Gasteiger partial charge in [0.2, 0.25) is 5.91 Å². The van der Waals surface area contributed by atoms with Gasteiger partial charge in [-0.1, -0.05) is 25.6 Å². The zero-order valence-corrected chi connectivity index (χ0v) is 10.7. The van der Waals surface area contributed by atoms with Crippen LogP contribution in [0.4, 0.5) is 0 Å². The van der Waals surface area contributed by atoms with Crippen molar-refractivity contribution in [3.05, 3.63) is 0 Å². The third kappa shape index (κ3) is 2.08. The summed E-state index contributed by atoms with van der Waals surface area (Å²) >= 11 is 5.09. The predicted octanol–water partition coefficient (Wildman–Crippen LogP) is 1.70. The second kappa shape index (κ2) is 4.32. The van der Waals surface area contributed by atoms with Crippen molar-refractivity contribution in [1.82, 2.24) is 4.90 Å². The van der Waals surface area contributed by atoms with Crippen molar-refractivity contribution in [2.45, 2.75) is 39.0 Å². The molecule has 0 unspecified atom stereocenters. The van der Waals surface area contributed by atoms with Crippen LogP contribution in [0.3, 0.4) is 0 Å². The number of piperidine rings is 1. The van der Waals surface area contributed by atoms with E-state index in [1.165, 1.54) is 6.42 Å². The lowest BCUT2D eigenvalue weighted by Gasteiger charge is -2.41. The van der Waals surface area contributed by atoms with Crippen LogP contribution >= 0.6 is 12.2 Å². The summed E-state index contributed by atoms with van der Waals surface area (Å²) in [6, 6.07) is 0. The van der Waals surface area contributed by atoms with E-state index in [2.05, 4.69) is 6.92 Å². The zero-order chi connectivity index (χ0) is 11.8. The third-order valence-corrected chi connectivity index (χ3v) is 4.72. The number of thiocarbonyl (C=S) groups is 1. The Bertz CT molecular complexity index is 304. The lowest BCUT2D eigenvalue weighted by atomic mass is 9.79. The summed E-state index contributed by atoms with van der Waals surface area (Å²) in [6.07, 6.45) is 5.22. The number of amides is 1. The van der Waals surface area contributed by atoms with Gasteiger partial charge in [0.1, 0.15) is 0 Å². The van der Waals surface area contributed by atoms with E-state index < -0.39 is 0 Å². The highest BCUT2D eigenvalue weighted by molar-refractivity contribution is 7.80. The van der Waals surface area contributed by atoms with E-state index in [1.54, 1.807) is 0 Å². The molecular formula is C12H20N2OS. The van der Waals surface area contributed by atoms with Gasteiger partial charge < -0.3 is 10.6 Å². The van der Waals surface area contributed by atoms with Gasteiger partial charge in [0.15, 0.2) is 0 Å². The number of carbonyl (C=O) groups excluding carboxylic acids is 1. The molecule has 2 aliphatic rings. The highest BCUT2D eigenvalue weighted by Crippen LogP contribution is 2.34. The average Bonchev–Trinajstić information content (AvgIpc) is 2.15. The van der Waals surface area contributed by atoms with Crippen LogP contribution in [0.1, 0.15) is 39.0 Å². The van der Waals surface area contributed by atoms with Crippen LogP contribution in [0.15, 0.2) is 0 Å². The standard InChI is InChI=1S/C12H20N2OS/c1-12(11(13)16)5-7-14(8-6-12)10(15)9-3-2-4-9/h9H,2-8H2,1H3,(H2,13,16). The Labute approximate surface area is 102 Å². The van der Waals surface area contributed by atoms with Crippen molar-refractivity contribution >= 4 is 23.1 Å². The molecule has 4 heteroatoms. The Morgan fingerprint density at radius 3 is 2.31 bits per heavy atom. The molecule has 1 aliphatic heterocycles. The molecule has 90 valence electrons. The number of nitrogens with two attached hydrogens (primary N) is 1. The third-order valence-electron chi connectivity index (χ3n) is 4.23. The molecular weight excluding hydrogens is 220 g/mol. The van der Waals surface area contributed by atoms with Gasteiger partial charge in [0, 0.05) is 24.4 Å². The van der Waals surface area contributed by atoms with Crippen LogP contribution in [-0.2, 0) is 4.79 Å². The first kappa shape index (κ1) is 11.8. The Balaban J connectivity index is 1.89. The number of hydrogen-bond donors (Lipinski definition) is 1. The largest absolute Gasteiger partial charge is 0.393 e. The lowest BCUT2D eigenvalue weighted by Crippen LogP contribution is -2.49. The number of carbonyl (C=O) groups is 1. The summed E-state index contributed by atoms with van der Waals surface area (Å²) in [5, 5.41) is 0. The van der Waals surface area contributed by atoms with Gasteiger partial charge in [-0.2, -0.15) is 0 Å². The van der Waals surface area contributed by atoms with Gasteiger partial charge in [-0.15, -0.1) is 0 Å². The van der Waals surface area contributed by atoms with Crippen molar-refractivity contribution in [1.29, 1.82) is 0 Å². The molecule has 2 N–H and O–H groups in total. The molecule has 0 radical (unpaired) electrons. The van der Waals surface area contributed by atoms with Crippen molar-refractivity contribution in [3.8, 4) is 0 Å². The second-order valence-electron chi connectivity index (χ2n) is 5.38. The molecule has 0 bridgehead atoms. The van der Waals surface area contributed by atoms with Crippen LogP contribution in [0, 0.1) is 11.3 Å². The molecule has 0 atom stereocenters. The maximum atomic E-state index is 12.0. The molecule has 2 rings (SSSR count). The van der Waals surface area contributed by atoms with E-state index in [9.17, 15) is 4.79 Å². The van der Waals surface area contributed by atoms with E-state index in [1.807, 2.05) is 4.90 Å². The first-order valence-electron chi connectivity index (χ1n) is 6.12. The minimum absolute atomic E-state index is 0.0360. The van der Waals surface area contributed by atoms with Gasteiger partial charge >= 0.3 is 0 Å². The fourth-order valence-corrected chi connectivity index (χ4v) is 2.58. The quantitative estimate of drug-likeness (QED) is 0.747. The first-order valence-corrected chi connectivity index (χ1v) is 6.52. The Hall–Kier alpha value is -0.640. The number of rotatable bonds is 2. The lowest BCUT2D eigenvalue weighted by molar-refractivity contribution is -0.139. The summed E-state index contributed by atoms with van der Waals surface area (Å²) in [5.74, 6) is 0.672. The summed E-state index contributed by atoms with van der Waals surface area (Å²) < 4.78 is 0. The molecule has 0 aromatic heterocycles. The zero-order valence-electron chi connectivity index (χ0n) is 9.87. The van der Waals surface area contributed by atoms with Crippen LogP contribution < -0.4 is 5.73 Å². The van der Waals surface area contributed by atoms with E-state index in [0.29, 0.717) is 16.8 Å². The Morgan fingerprint density at radius 2 is 1.94 bits per heavy atom. The summed E-state index contributed by atoms with van der Waals surface area (Å²) in [5.41, 5.74) is 5.71. The normalized spacial score (nSPS) is 24.9. The highest BCUT2D eigenvalue weighted by atomic mass is 32.1. The minimum Gasteiger partial charge on any atom is -0.393 e. The van der Waals surface area contributed by atoms with Crippen LogP contribution in [0.2, 0.25) is 0 Å². The average molecular weight is 240 g/mol. The highest BCUT2D eigenvalue weighted by Gasteiger charge is 2.37. The van der Waals surface area contributed by atoms with Gasteiger partial charge in [-0.05, 0) is 25.7 Å². The van der Waals surface area contributed by atoms with Crippen LogP contribution in [0.5, 0.6) is 0 Å². The molecule has 1 saturated carbocycles. The number of hydrogen-bond acceptors (Lipinski definition) is 2. The SMILES string of the molecule is CC1(C(N)=S)CCN(C(=O)C2CCC2)CC1. The molecule has 1 amide bonds. The van der Waals surface area contributed by atoms with Crippen LogP contribution in [0.25, 0.3) is 0 Å². The molecule has 1 aliphatic carbocycles. The van der Waals surface area contributed by atoms with Crippen molar-refractivity contribution in [3.63, 3.8) is 0 Å². The second-order valence-corrected chi connectivity index (χ2v) is 5.82. The molecule has 2 fully saturated rings. The smallest absolute Gasteiger partial charge is 0.225 e. The van der Waals surface area contributed by atoms with Gasteiger partial charge in [-0.3, -0.25) is 4.79 Å². The number of nitrogens with zero attached hydrogens (tertiary/aromatic N) is 1. The maximum absolute atomic E-state index is 12.0. The summed E-state index contributed by atoms with van der Waals surface area (Å²) in [7, 11) is 0. The van der Waals surface area contributed by atoms with E-state index in [4.69, 9.17) is 18.0 Å². The van der Waals surface area contributed by atoms with Crippen molar-refractivity contribution < 1.29 is 4.79 Å². The molecule has 1 saturated heterocycles. The van der Waals surface area contributed by atoms with Gasteiger partial charge in [-0.25, -0.2) is 0 Å². The van der Waals surface area contributed by atoms with Gasteiger partial charge in [0.05, 0.1) is 4.99 Å². The van der Waals surface area contributed by atoms with Crippen molar-refractivity contribution in [2.24, 2.45) is 17.1 Å². The van der Waals surface area contributed by atoms with E-state index >= 15 is 0 Å². The summed E-state index contributed by atoms with van der Waals surface area (Å²) in [6.45, 7) is 3.76. The Morgan fingerprint density at radius 1 is 1.38 bits per heavy atom. The van der Waals surface area contributed by atoms with Crippen LogP contribution in [-0.4, -0.2) is 28.9 Å². The predicted molar refractivity (Wildman–Crippen MR) is 68.0 cm³/mol. The van der Waals surface area contributed by atoms with E-state index in [0.717, 1.165) is 38.8 Å². The number of likely N-dealkylation sites (tertiary alicyclic amines) is 1. The molecule has 0 aromatic rings. The summed E-state index contributed by atoms with van der Waals surface area (Å²) in [4.78, 5) is 14.6. The molecule has 1 heterocycles.